The topological polar surface area (TPSA) is 71.5 Å². The number of aryl methyl sites for hydroxylation is 1. The standard InChI is InChI=1S/C25H21F4N3O3/c1-14-11-16(8-9-19(14)26)31-23(33)21-17-5-3-4-6-18(17)24(34)32(13-25(27,28)29)22(21)15-7-10-20(35-2)30-12-15/h3-12,21-22H,13H2,1-2H3,(H,31,33)/t21-,22?/m0/s1. The van der Waals surface area contributed by atoms with Crippen LogP contribution in [0.4, 0.5) is 23.2 Å². The number of carbonyl (C=O) groups excluding carboxylic acids is 2. The lowest BCUT2D eigenvalue weighted by atomic mass is 9.79. The summed E-state index contributed by atoms with van der Waals surface area (Å²) >= 11 is 0. The maximum Gasteiger partial charge on any atom is 0.406 e. The molecule has 4 rings (SSSR count). The average molecular weight is 487 g/mol. The largest absolute Gasteiger partial charge is 0.481 e. The molecule has 2 heterocycles. The van der Waals surface area contributed by atoms with Crippen LogP contribution in [0.15, 0.2) is 60.8 Å². The second-order valence-corrected chi connectivity index (χ2v) is 8.15. The number of hydrogen-bond acceptors (Lipinski definition) is 4. The Morgan fingerprint density at radius 3 is 2.51 bits per heavy atom. The van der Waals surface area contributed by atoms with Gasteiger partial charge in [0.2, 0.25) is 11.8 Å². The van der Waals surface area contributed by atoms with Crippen molar-refractivity contribution in [2.45, 2.75) is 25.1 Å². The fourth-order valence-corrected chi connectivity index (χ4v) is 4.24. The van der Waals surface area contributed by atoms with Gasteiger partial charge < -0.3 is 15.0 Å². The van der Waals surface area contributed by atoms with Crippen LogP contribution in [0, 0.1) is 12.7 Å². The molecule has 3 aromatic rings. The van der Waals surface area contributed by atoms with Crippen LogP contribution in [-0.2, 0) is 4.79 Å². The summed E-state index contributed by atoms with van der Waals surface area (Å²) in [7, 11) is 1.39. The van der Waals surface area contributed by atoms with Crippen LogP contribution < -0.4 is 10.1 Å². The van der Waals surface area contributed by atoms with E-state index in [9.17, 15) is 27.2 Å². The number of rotatable bonds is 5. The Kier molecular flexibility index (Phi) is 6.47. The van der Waals surface area contributed by atoms with Gasteiger partial charge in [-0.1, -0.05) is 24.3 Å². The molecule has 35 heavy (non-hydrogen) atoms. The second kappa shape index (κ2) is 9.36. The number of nitrogens with zero attached hydrogens (tertiary/aromatic N) is 2. The van der Waals surface area contributed by atoms with Gasteiger partial charge in [0.05, 0.1) is 19.1 Å². The molecule has 1 aliphatic rings. The summed E-state index contributed by atoms with van der Waals surface area (Å²) in [6, 6.07) is 11.7. The fraction of sp³-hybridized carbons (Fsp3) is 0.240. The summed E-state index contributed by atoms with van der Waals surface area (Å²) < 4.78 is 59.5. The van der Waals surface area contributed by atoms with Crippen molar-refractivity contribution in [1.82, 2.24) is 9.88 Å². The smallest absolute Gasteiger partial charge is 0.406 e. The van der Waals surface area contributed by atoms with E-state index < -0.39 is 42.3 Å². The molecule has 2 amide bonds. The summed E-state index contributed by atoms with van der Waals surface area (Å²) in [6.07, 6.45) is -3.43. The zero-order valence-electron chi connectivity index (χ0n) is 18.8. The van der Waals surface area contributed by atoms with Gasteiger partial charge in [-0.2, -0.15) is 13.2 Å². The summed E-state index contributed by atoms with van der Waals surface area (Å²) in [5.74, 6) is -2.94. The van der Waals surface area contributed by atoms with E-state index in [1.54, 1.807) is 12.1 Å². The van der Waals surface area contributed by atoms with Gasteiger partial charge in [0.15, 0.2) is 0 Å². The normalized spacial score (nSPS) is 17.7. The fourth-order valence-electron chi connectivity index (χ4n) is 4.24. The first-order valence-corrected chi connectivity index (χ1v) is 10.6. The number of hydrogen-bond donors (Lipinski definition) is 1. The molecule has 1 N–H and O–H groups in total. The second-order valence-electron chi connectivity index (χ2n) is 8.15. The van der Waals surface area contributed by atoms with Crippen molar-refractivity contribution >= 4 is 17.5 Å². The van der Waals surface area contributed by atoms with Gasteiger partial charge in [-0.25, -0.2) is 9.37 Å². The zero-order chi connectivity index (χ0) is 25.3. The van der Waals surface area contributed by atoms with Crippen molar-refractivity contribution in [2.75, 3.05) is 19.0 Å². The third-order valence-electron chi connectivity index (χ3n) is 5.81. The number of nitrogens with one attached hydrogen (secondary N) is 1. The molecule has 2 aromatic carbocycles. The summed E-state index contributed by atoms with van der Waals surface area (Å²) in [6.45, 7) is -0.0350. The summed E-state index contributed by atoms with van der Waals surface area (Å²) in [4.78, 5) is 31.5. The molecule has 0 fully saturated rings. The molecular weight excluding hydrogens is 466 g/mol. The highest BCUT2D eigenvalue weighted by atomic mass is 19.4. The molecule has 1 aromatic heterocycles. The number of methoxy groups -OCH3 is 1. The number of benzene rings is 2. The van der Waals surface area contributed by atoms with Crippen LogP contribution >= 0.6 is 0 Å². The first-order valence-electron chi connectivity index (χ1n) is 10.6. The van der Waals surface area contributed by atoms with Crippen molar-refractivity contribution in [3.05, 3.63) is 88.9 Å². The van der Waals surface area contributed by atoms with Gasteiger partial charge in [0, 0.05) is 23.5 Å². The predicted molar refractivity (Wildman–Crippen MR) is 120 cm³/mol. The molecule has 0 bridgehead atoms. The van der Waals surface area contributed by atoms with E-state index in [4.69, 9.17) is 4.74 Å². The number of amides is 2. The predicted octanol–water partition coefficient (Wildman–Crippen LogP) is 5.02. The Labute approximate surface area is 198 Å². The summed E-state index contributed by atoms with van der Waals surface area (Å²) in [5.41, 5.74) is 1.08. The van der Waals surface area contributed by atoms with Gasteiger partial charge in [-0.15, -0.1) is 0 Å². The minimum Gasteiger partial charge on any atom is -0.481 e. The maximum absolute atomic E-state index is 13.7. The van der Waals surface area contributed by atoms with E-state index in [2.05, 4.69) is 10.3 Å². The first-order chi connectivity index (χ1) is 16.6. The van der Waals surface area contributed by atoms with Crippen LogP contribution in [0.25, 0.3) is 0 Å². The number of carbonyl (C=O) groups is 2. The molecule has 0 spiro atoms. The number of alkyl halides is 3. The average Bonchev–Trinajstić information content (AvgIpc) is 2.82. The number of anilines is 1. The van der Waals surface area contributed by atoms with E-state index in [0.29, 0.717) is 4.90 Å². The quantitative estimate of drug-likeness (QED) is 0.513. The van der Waals surface area contributed by atoms with Crippen molar-refractivity contribution < 1.29 is 31.9 Å². The molecule has 0 saturated heterocycles. The zero-order valence-corrected chi connectivity index (χ0v) is 18.8. The van der Waals surface area contributed by atoms with Crippen LogP contribution in [0.5, 0.6) is 5.88 Å². The van der Waals surface area contributed by atoms with Crippen molar-refractivity contribution in [3.63, 3.8) is 0 Å². The minimum atomic E-state index is -4.71. The molecule has 0 aliphatic carbocycles. The van der Waals surface area contributed by atoms with Crippen molar-refractivity contribution in [1.29, 1.82) is 0 Å². The van der Waals surface area contributed by atoms with E-state index in [1.807, 2.05) is 0 Å². The van der Waals surface area contributed by atoms with Crippen LogP contribution in [0.1, 0.15) is 39.0 Å². The lowest BCUT2D eigenvalue weighted by molar-refractivity contribution is -0.148. The SMILES string of the molecule is COc1ccc(C2[C@@H](C(=O)Nc3ccc(F)c(C)c3)c3ccccc3C(=O)N2CC(F)(F)F)cn1. The van der Waals surface area contributed by atoms with E-state index in [-0.39, 0.29) is 33.8 Å². The number of halogens is 4. The molecule has 1 aliphatic heterocycles. The van der Waals surface area contributed by atoms with Gasteiger partial charge in [-0.3, -0.25) is 9.59 Å². The molecule has 0 saturated carbocycles. The third-order valence-corrected chi connectivity index (χ3v) is 5.81. The van der Waals surface area contributed by atoms with E-state index in [1.165, 1.54) is 62.7 Å². The Morgan fingerprint density at radius 2 is 1.89 bits per heavy atom. The number of pyridine rings is 1. The Balaban J connectivity index is 1.85. The van der Waals surface area contributed by atoms with Crippen LogP contribution in [-0.4, -0.2) is 41.5 Å². The molecule has 10 heteroatoms. The van der Waals surface area contributed by atoms with Gasteiger partial charge in [0.1, 0.15) is 12.4 Å². The number of ether oxygens (including phenoxy) is 1. The highest BCUT2D eigenvalue weighted by molar-refractivity contribution is 6.04. The Morgan fingerprint density at radius 1 is 1.14 bits per heavy atom. The van der Waals surface area contributed by atoms with Gasteiger partial charge in [0.25, 0.3) is 5.91 Å². The molecule has 0 radical (unpaired) electrons. The third kappa shape index (κ3) is 4.96. The lowest BCUT2D eigenvalue weighted by Gasteiger charge is -2.41. The Bertz CT molecular complexity index is 1260. The highest BCUT2D eigenvalue weighted by Crippen LogP contribution is 2.44. The van der Waals surface area contributed by atoms with Crippen LogP contribution in [0.2, 0.25) is 0 Å². The maximum atomic E-state index is 13.7. The highest BCUT2D eigenvalue weighted by Gasteiger charge is 2.47. The minimum absolute atomic E-state index is 0.00454. The number of fused-ring (bicyclic) bond motifs is 1. The Hall–Kier alpha value is -3.95. The first kappa shape index (κ1) is 24.2. The molecule has 6 nitrogen and oxygen atoms in total. The summed E-state index contributed by atoms with van der Waals surface area (Å²) in [5, 5.41) is 2.67. The molecule has 2 atom stereocenters. The van der Waals surface area contributed by atoms with E-state index >= 15 is 0 Å². The molecule has 182 valence electrons. The van der Waals surface area contributed by atoms with Crippen molar-refractivity contribution in [2.24, 2.45) is 0 Å². The molecule has 1 unspecified atom stereocenters. The van der Waals surface area contributed by atoms with E-state index in [0.717, 1.165) is 0 Å². The van der Waals surface area contributed by atoms with Crippen molar-refractivity contribution in [3.8, 4) is 5.88 Å². The van der Waals surface area contributed by atoms with Crippen LogP contribution in [0.3, 0.4) is 0 Å². The molecular formula is C25H21F4N3O3. The van der Waals surface area contributed by atoms with Gasteiger partial charge >= 0.3 is 6.18 Å². The monoisotopic (exact) mass is 487 g/mol. The lowest BCUT2D eigenvalue weighted by Crippen LogP contribution is -2.49. The number of aromatic nitrogens is 1. The van der Waals surface area contributed by atoms with Gasteiger partial charge in [-0.05, 0) is 47.9 Å².